The topological polar surface area (TPSA) is 18.5 Å². The minimum atomic E-state index is -3.97. The summed E-state index contributed by atoms with van der Waals surface area (Å²) in [5, 5.41) is 0. The Labute approximate surface area is 164 Å². The summed E-state index contributed by atoms with van der Waals surface area (Å²) in [6.45, 7) is 2.65. The molecule has 1 rings (SSSR count). The van der Waals surface area contributed by atoms with Crippen molar-refractivity contribution in [2.45, 2.75) is 121 Å². The molecule has 27 heavy (non-hydrogen) atoms. The monoisotopic (exact) mass is 394 g/mol. The summed E-state index contributed by atoms with van der Waals surface area (Å²) in [6.07, 6.45) is 13.7. The van der Waals surface area contributed by atoms with Gasteiger partial charge in [-0.3, -0.25) is 0 Å². The minimum Gasteiger partial charge on any atom is -0.381 e. The van der Waals surface area contributed by atoms with E-state index in [2.05, 4.69) is 0 Å². The van der Waals surface area contributed by atoms with Gasteiger partial charge in [0.2, 0.25) is 0 Å². The Bertz CT molecular complexity index is 315. The molecule has 0 radical (unpaired) electrons. The predicted molar refractivity (Wildman–Crippen MR) is 105 cm³/mol. The fourth-order valence-electron chi connectivity index (χ4n) is 3.66. The smallest absolute Gasteiger partial charge is 0.381 e. The van der Waals surface area contributed by atoms with Crippen LogP contribution in [0.15, 0.2) is 0 Å². The van der Waals surface area contributed by atoms with Crippen LogP contribution in [0.3, 0.4) is 0 Å². The van der Waals surface area contributed by atoms with Crippen LogP contribution in [0, 0.1) is 0 Å². The fourth-order valence-corrected chi connectivity index (χ4v) is 3.66. The van der Waals surface area contributed by atoms with Crippen LogP contribution in [-0.4, -0.2) is 32.1 Å². The van der Waals surface area contributed by atoms with Crippen LogP contribution in [0.5, 0.6) is 0 Å². The molecule has 1 saturated heterocycles. The molecule has 1 fully saturated rings. The van der Waals surface area contributed by atoms with Gasteiger partial charge in [-0.05, 0) is 32.1 Å². The molecule has 0 aromatic carbocycles. The van der Waals surface area contributed by atoms with Gasteiger partial charge >= 0.3 is 6.18 Å². The van der Waals surface area contributed by atoms with Crippen LogP contribution in [0.25, 0.3) is 0 Å². The third kappa shape index (κ3) is 17.5. The zero-order chi connectivity index (χ0) is 19.6. The number of hydrogen-bond donors (Lipinski definition) is 0. The highest BCUT2D eigenvalue weighted by Gasteiger charge is 2.25. The number of halogens is 3. The lowest BCUT2D eigenvalue weighted by atomic mass is 10.0. The third-order valence-corrected chi connectivity index (χ3v) is 5.36. The van der Waals surface area contributed by atoms with Gasteiger partial charge in [-0.2, -0.15) is 13.2 Å². The van der Waals surface area contributed by atoms with E-state index in [4.69, 9.17) is 9.47 Å². The van der Waals surface area contributed by atoms with E-state index in [-0.39, 0.29) is 0 Å². The largest absolute Gasteiger partial charge is 0.389 e. The minimum absolute atomic E-state index is 0.295. The summed E-state index contributed by atoms with van der Waals surface area (Å²) < 4.78 is 47.2. The SMILES string of the molecule is FC(F)(F)CCCCCCCCCCCCCCCOCCC1CCCO1. The molecule has 1 aliphatic rings. The molecule has 5 heteroatoms. The predicted octanol–water partition coefficient (Wildman–Crippen LogP) is 7.60. The molecule has 0 aromatic heterocycles. The molecule has 0 amide bonds. The first-order valence-electron chi connectivity index (χ1n) is 11.3. The van der Waals surface area contributed by atoms with E-state index in [0.29, 0.717) is 12.5 Å². The maximum atomic E-state index is 12.0. The molecular formula is C22H41F3O2. The highest BCUT2D eigenvalue weighted by molar-refractivity contribution is 4.63. The third-order valence-electron chi connectivity index (χ3n) is 5.36. The van der Waals surface area contributed by atoms with Gasteiger partial charge in [-0.1, -0.05) is 70.6 Å². The van der Waals surface area contributed by atoms with Gasteiger partial charge in [-0.25, -0.2) is 0 Å². The number of rotatable bonds is 18. The van der Waals surface area contributed by atoms with E-state index in [1.165, 1.54) is 70.6 Å². The van der Waals surface area contributed by atoms with E-state index in [1.54, 1.807) is 0 Å². The molecule has 0 N–H and O–H groups in total. The Morgan fingerprint density at radius 3 is 1.70 bits per heavy atom. The van der Waals surface area contributed by atoms with Crippen molar-refractivity contribution in [3.05, 3.63) is 0 Å². The van der Waals surface area contributed by atoms with Crippen LogP contribution in [-0.2, 0) is 9.47 Å². The van der Waals surface area contributed by atoms with Crippen LogP contribution >= 0.6 is 0 Å². The maximum absolute atomic E-state index is 12.0. The van der Waals surface area contributed by atoms with Gasteiger partial charge in [0.05, 0.1) is 6.10 Å². The molecule has 0 aliphatic carbocycles. The van der Waals surface area contributed by atoms with Gasteiger partial charge < -0.3 is 9.47 Å². The quantitative estimate of drug-likeness (QED) is 0.223. The zero-order valence-corrected chi connectivity index (χ0v) is 17.2. The van der Waals surface area contributed by atoms with Crippen molar-refractivity contribution < 1.29 is 22.6 Å². The first kappa shape index (κ1) is 24.7. The summed E-state index contributed by atoms with van der Waals surface area (Å²) in [7, 11) is 0. The molecule has 162 valence electrons. The Balaban J connectivity index is 1.65. The van der Waals surface area contributed by atoms with Crippen molar-refractivity contribution in [3.63, 3.8) is 0 Å². The lowest BCUT2D eigenvalue weighted by Gasteiger charge is -2.09. The fraction of sp³-hybridized carbons (Fsp3) is 1.00. The van der Waals surface area contributed by atoms with Gasteiger partial charge in [0.15, 0.2) is 0 Å². The van der Waals surface area contributed by atoms with Gasteiger partial charge in [0.1, 0.15) is 0 Å². The molecule has 2 nitrogen and oxygen atoms in total. The molecule has 1 heterocycles. The number of alkyl halides is 3. The summed E-state index contributed by atoms with van der Waals surface area (Å²) in [5.41, 5.74) is 0. The molecule has 0 aromatic rings. The average molecular weight is 395 g/mol. The van der Waals surface area contributed by atoms with Crippen molar-refractivity contribution in [1.82, 2.24) is 0 Å². The average Bonchev–Trinajstić information content (AvgIpc) is 3.13. The number of ether oxygens (including phenoxy) is 2. The molecule has 0 spiro atoms. The maximum Gasteiger partial charge on any atom is 0.389 e. The second kappa shape index (κ2) is 16.6. The second-order valence-corrected chi connectivity index (χ2v) is 8.00. The van der Waals surface area contributed by atoms with E-state index in [0.717, 1.165) is 45.5 Å². The Morgan fingerprint density at radius 1 is 0.704 bits per heavy atom. The first-order valence-corrected chi connectivity index (χ1v) is 11.3. The van der Waals surface area contributed by atoms with Gasteiger partial charge in [-0.15, -0.1) is 0 Å². The lowest BCUT2D eigenvalue weighted by Crippen LogP contribution is -2.09. The van der Waals surface area contributed by atoms with Crippen molar-refractivity contribution in [3.8, 4) is 0 Å². The molecular weight excluding hydrogens is 353 g/mol. The summed E-state index contributed by atoms with van der Waals surface area (Å²) in [5.74, 6) is 0. The molecule has 1 aliphatic heterocycles. The van der Waals surface area contributed by atoms with Crippen molar-refractivity contribution in [2.24, 2.45) is 0 Å². The van der Waals surface area contributed by atoms with E-state index < -0.39 is 12.6 Å². The van der Waals surface area contributed by atoms with Gasteiger partial charge in [0.25, 0.3) is 0 Å². The van der Waals surface area contributed by atoms with Crippen molar-refractivity contribution >= 4 is 0 Å². The highest BCUT2D eigenvalue weighted by Crippen LogP contribution is 2.23. The zero-order valence-electron chi connectivity index (χ0n) is 17.2. The summed E-state index contributed by atoms with van der Waals surface area (Å²) in [4.78, 5) is 0. The van der Waals surface area contributed by atoms with Crippen LogP contribution in [0.1, 0.15) is 109 Å². The second-order valence-electron chi connectivity index (χ2n) is 8.00. The summed E-state index contributed by atoms with van der Waals surface area (Å²) in [6, 6.07) is 0. The Kier molecular flexibility index (Phi) is 15.3. The van der Waals surface area contributed by atoms with Crippen LogP contribution in [0.4, 0.5) is 13.2 Å². The Morgan fingerprint density at radius 2 is 1.22 bits per heavy atom. The first-order chi connectivity index (χ1) is 13.1. The van der Waals surface area contributed by atoms with Crippen LogP contribution < -0.4 is 0 Å². The highest BCUT2D eigenvalue weighted by atomic mass is 19.4. The Hall–Kier alpha value is -0.290. The van der Waals surface area contributed by atoms with Gasteiger partial charge in [0, 0.05) is 26.2 Å². The van der Waals surface area contributed by atoms with Crippen molar-refractivity contribution in [1.29, 1.82) is 0 Å². The normalized spacial score (nSPS) is 17.7. The molecule has 0 saturated carbocycles. The number of unbranched alkanes of at least 4 members (excludes halogenated alkanes) is 12. The molecule has 1 unspecified atom stereocenters. The standard InChI is InChI=1S/C22H41F3O2/c23-22(24,25)17-12-10-8-6-4-2-1-3-5-7-9-11-13-18-26-20-16-21-15-14-19-27-21/h21H,1-20H2. The van der Waals surface area contributed by atoms with E-state index >= 15 is 0 Å². The van der Waals surface area contributed by atoms with E-state index in [9.17, 15) is 13.2 Å². The lowest BCUT2D eigenvalue weighted by molar-refractivity contribution is -0.135. The summed E-state index contributed by atoms with van der Waals surface area (Å²) >= 11 is 0. The molecule has 0 bridgehead atoms. The van der Waals surface area contributed by atoms with Crippen LogP contribution in [0.2, 0.25) is 0 Å². The number of hydrogen-bond acceptors (Lipinski definition) is 2. The molecule has 1 atom stereocenters. The van der Waals surface area contributed by atoms with E-state index in [1.807, 2.05) is 0 Å². The van der Waals surface area contributed by atoms with Crippen molar-refractivity contribution in [2.75, 3.05) is 19.8 Å².